The molecule has 1 fully saturated rings. The van der Waals surface area contributed by atoms with Gasteiger partial charge < -0.3 is 14.7 Å². The smallest absolute Gasteiger partial charge is 0.313 e. The Morgan fingerprint density at radius 3 is 3.06 bits per heavy atom. The van der Waals surface area contributed by atoms with Gasteiger partial charge in [0.25, 0.3) is 0 Å². The van der Waals surface area contributed by atoms with Gasteiger partial charge in [0.15, 0.2) is 0 Å². The molecule has 1 aromatic heterocycles. The number of aliphatic hydroxyl groups excluding tert-OH is 1. The van der Waals surface area contributed by atoms with Gasteiger partial charge in [-0.3, -0.25) is 4.79 Å². The van der Waals surface area contributed by atoms with E-state index >= 15 is 0 Å². The molecule has 1 N–H and O–H groups in total. The number of hydrogen-bond acceptors (Lipinski definition) is 5. The normalized spacial score (nSPS) is 24.5. The molecule has 1 aliphatic rings. The van der Waals surface area contributed by atoms with Crippen LogP contribution in [0.4, 0.5) is 5.82 Å². The second-order valence-electron chi connectivity index (χ2n) is 4.12. The summed E-state index contributed by atoms with van der Waals surface area (Å²) in [5.74, 6) is -0.0257. The third-order valence-corrected chi connectivity index (χ3v) is 3.05. The van der Waals surface area contributed by atoms with E-state index in [-0.39, 0.29) is 5.97 Å². The zero-order valence-corrected chi connectivity index (χ0v) is 9.74. The SMILES string of the molecule is COC(=O)C1CN(c2ccccn2)CCC1O. The number of carbonyl (C=O) groups excluding carboxylic acids is 1. The third kappa shape index (κ3) is 2.55. The van der Waals surface area contributed by atoms with Crippen LogP contribution in [0.5, 0.6) is 0 Å². The molecule has 2 rings (SSSR count). The summed E-state index contributed by atoms with van der Waals surface area (Å²) in [6, 6.07) is 5.65. The largest absolute Gasteiger partial charge is 0.469 e. The van der Waals surface area contributed by atoms with Crippen molar-refractivity contribution in [1.82, 2.24) is 4.98 Å². The number of methoxy groups -OCH3 is 1. The quantitative estimate of drug-likeness (QED) is 0.755. The fourth-order valence-corrected chi connectivity index (χ4v) is 2.07. The topological polar surface area (TPSA) is 62.7 Å². The lowest BCUT2D eigenvalue weighted by Crippen LogP contribution is -2.47. The Morgan fingerprint density at radius 1 is 1.59 bits per heavy atom. The molecule has 0 radical (unpaired) electrons. The standard InChI is InChI=1S/C12H16N2O3/c1-17-12(16)9-8-14(7-5-10(9)15)11-4-2-3-6-13-11/h2-4,6,9-10,15H,5,7-8H2,1H3. The second-order valence-corrected chi connectivity index (χ2v) is 4.12. The molecule has 2 unspecified atom stereocenters. The van der Waals surface area contributed by atoms with Gasteiger partial charge in [0.1, 0.15) is 11.7 Å². The molecule has 2 atom stereocenters. The number of rotatable bonds is 2. The summed E-state index contributed by atoms with van der Waals surface area (Å²) in [6.45, 7) is 1.15. The van der Waals surface area contributed by atoms with E-state index in [1.807, 2.05) is 23.1 Å². The number of carbonyl (C=O) groups is 1. The molecule has 0 bridgehead atoms. The van der Waals surface area contributed by atoms with Crippen molar-refractivity contribution in [2.75, 3.05) is 25.1 Å². The maximum absolute atomic E-state index is 11.5. The van der Waals surface area contributed by atoms with Gasteiger partial charge in [0, 0.05) is 19.3 Å². The van der Waals surface area contributed by atoms with Crippen LogP contribution in [0.2, 0.25) is 0 Å². The van der Waals surface area contributed by atoms with Crippen molar-refractivity contribution in [2.24, 2.45) is 5.92 Å². The van der Waals surface area contributed by atoms with Crippen molar-refractivity contribution in [3.63, 3.8) is 0 Å². The minimum Gasteiger partial charge on any atom is -0.469 e. The van der Waals surface area contributed by atoms with Gasteiger partial charge >= 0.3 is 5.97 Å². The molecular weight excluding hydrogens is 220 g/mol. The molecule has 92 valence electrons. The van der Waals surface area contributed by atoms with Crippen LogP contribution in [0, 0.1) is 5.92 Å². The molecule has 5 heteroatoms. The number of aromatic nitrogens is 1. The number of anilines is 1. The molecule has 0 saturated carbocycles. The van der Waals surface area contributed by atoms with Gasteiger partial charge in [-0.05, 0) is 18.6 Å². The molecule has 0 spiro atoms. The summed E-state index contributed by atoms with van der Waals surface area (Å²) in [5.41, 5.74) is 0. The first-order chi connectivity index (χ1) is 8.22. The fourth-order valence-electron chi connectivity index (χ4n) is 2.07. The Kier molecular flexibility index (Phi) is 3.58. The van der Waals surface area contributed by atoms with E-state index in [1.165, 1.54) is 7.11 Å². The van der Waals surface area contributed by atoms with Gasteiger partial charge in [0.2, 0.25) is 0 Å². The molecule has 2 heterocycles. The van der Waals surface area contributed by atoms with Gasteiger partial charge in [-0.2, -0.15) is 0 Å². The maximum Gasteiger partial charge on any atom is 0.313 e. The van der Waals surface area contributed by atoms with Crippen LogP contribution in [0.3, 0.4) is 0 Å². The van der Waals surface area contributed by atoms with Crippen LogP contribution in [-0.2, 0) is 9.53 Å². The first-order valence-corrected chi connectivity index (χ1v) is 5.64. The van der Waals surface area contributed by atoms with Crippen molar-refractivity contribution in [3.05, 3.63) is 24.4 Å². The van der Waals surface area contributed by atoms with Crippen LogP contribution in [0.15, 0.2) is 24.4 Å². The van der Waals surface area contributed by atoms with Gasteiger partial charge in [-0.1, -0.05) is 6.07 Å². The van der Waals surface area contributed by atoms with E-state index in [0.29, 0.717) is 19.5 Å². The number of aliphatic hydroxyl groups is 1. The predicted octanol–water partition coefficient (Wildman–Crippen LogP) is 0.442. The van der Waals surface area contributed by atoms with Crippen LogP contribution >= 0.6 is 0 Å². The van der Waals surface area contributed by atoms with E-state index in [2.05, 4.69) is 4.98 Å². The lowest BCUT2D eigenvalue weighted by molar-refractivity contribution is -0.149. The molecule has 1 aliphatic heterocycles. The summed E-state index contributed by atoms with van der Waals surface area (Å²) < 4.78 is 4.70. The minimum absolute atomic E-state index is 0.363. The van der Waals surface area contributed by atoms with E-state index in [0.717, 1.165) is 5.82 Å². The lowest BCUT2D eigenvalue weighted by atomic mass is 9.95. The Morgan fingerprint density at radius 2 is 2.41 bits per heavy atom. The van der Waals surface area contributed by atoms with E-state index < -0.39 is 12.0 Å². The first kappa shape index (κ1) is 11.9. The molecule has 17 heavy (non-hydrogen) atoms. The molecule has 0 aromatic carbocycles. The van der Waals surface area contributed by atoms with Crippen molar-refractivity contribution in [3.8, 4) is 0 Å². The number of piperidine rings is 1. The summed E-state index contributed by atoms with van der Waals surface area (Å²) in [7, 11) is 1.34. The van der Waals surface area contributed by atoms with E-state index in [4.69, 9.17) is 4.74 Å². The van der Waals surface area contributed by atoms with Crippen LogP contribution in [0.25, 0.3) is 0 Å². The van der Waals surface area contributed by atoms with Crippen molar-refractivity contribution < 1.29 is 14.6 Å². The predicted molar refractivity (Wildman–Crippen MR) is 62.6 cm³/mol. The van der Waals surface area contributed by atoms with Crippen LogP contribution in [0.1, 0.15) is 6.42 Å². The van der Waals surface area contributed by atoms with Gasteiger partial charge in [-0.15, -0.1) is 0 Å². The zero-order chi connectivity index (χ0) is 12.3. The highest BCUT2D eigenvalue weighted by Crippen LogP contribution is 2.22. The molecule has 1 saturated heterocycles. The summed E-state index contributed by atoms with van der Waals surface area (Å²) >= 11 is 0. The number of ether oxygens (including phenoxy) is 1. The van der Waals surface area contributed by atoms with Crippen molar-refractivity contribution >= 4 is 11.8 Å². The fraction of sp³-hybridized carbons (Fsp3) is 0.500. The highest BCUT2D eigenvalue weighted by atomic mass is 16.5. The van der Waals surface area contributed by atoms with Crippen molar-refractivity contribution in [1.29, 1.82) is 0 Å². The highest BCUT2D eigenvalue weighted by molar-refractivity contribution is 5.74. The lowest BCUT2D eigenvalue weighted by Gasteiger charge is -2.35. The number of nitrogens with zero attached hydrogens (tertiary/aromatic N) is 2. The average molecular weight is 236 g/mol. The summed E-state index contributed by atoms with van der Waals surface area (Å²) in [4.78, 5) is 17.8. The Labute approximate surface area is 100 Å². The number of hydrogen-bond donors (Lipinski definition) is 1. The van der Waals surface area contributed by atoms with Crippen molar-refractivity contribution in [2.45, 2.75) is 12.5 Å². The Hall–Kier alpha value is -1.62. The molecule has 0 amide bonds. The monoisotopic (exact) mass is 236 g/mol. The molecule has 0 aliphatic carbocycles. The summed E-state index contributed by atoms with van der Waals surface area (Å²) in [6.07, 6.45) is 1.64. The molecule has 5 nitrogen and oxygen atoms in total. The number of pyridine rings is 1. The van der Waals surface area contributed by atoms with Crippen LogP contribution < -0.4 is 4.90 Å². The zero-order valence-electron chi connectivity index (χ0n) is 9.74. The van der Waals surface area contributed by atoms with Crippen LogP contribution in [-0.4, -0.2) is 42.4 Å². The molecule has 1 aromatic rings. The summed E-state index contributed by atoms with van der Waals surface area (Å²) in [5, 5.41) is 9.79. The van der Waals surface area contributed by atoms with Gasteiger partial charge in [0.05, 0.1) is 13.2 Å². The van der Waals surface area contributed by atoms with Gasteiger partial charge in [-0.25, -0.2) is 4.98 Å². The minimum atomic E-state index is -0.623. The Bertz CT molecular complexity index is 383. The first-order valence-electron chi connectivity index (χ1n) is 5.64. The number of esters is 1. The Balaban J connectivity index is 2.10. The average Bonchev–Trinajstić information content (AvgIpc) is 2.39. The second kappa shape index (κ2) is 5.14. The highest BCUT2D eigenvalue weighted by Gasteiger charge is 2.34. The van der Waals surface area contributed by atoms with E-state index in [9.17, 15) is 9.90 Å². The maximum atomic E-state index is 11.5. The third-order valence-electron chi connectivity index (χ3n) is 3.05. The molecular formula is C12H16N2O3. The van der Waals surface area contributed by atoms with E-state index in [1.54, 1.807) is 6.20 Å².